The summed E-state index contributed by atoms with van der Waals surface area (Å²) in [5, 5.41) is 0. The van der Waals surface area contributed by atoms with Gasteiger partial charge in [0.15, 0.2) is 0 Å². The van der Waals surface area contributed by atoms with Gasteiger partial charge in [0.1, 0.15) is 18.1 Å². The molecule has 0 radical (unpaired) electrons. The van der Waals surface area contributed by atoms with Gasteiger partial charge in [-0.3, -0.25) is 4.79 Å². The summed E-state index contributed by atoms with van der Waals surface area (Å²) >= 11 is 0. The van der Waals surface area contributed by atoms with E-state index in [1.54, 1.807) is 6.26 Å². The Balaban J connectivity index is 1.98. The smallest absolute Gasteiger partial charge is 0.243 e. The van der Waals surface area contributed by atoms with Crippen LogP contribution < -0.4 is 0 Å². The van der Waals surface area contributed by atoms with Gasteiger partial charge in [0.2, 0.25) is 5.91 Å². The Bertz CT molecular complexity index is 897. The number of amides is 1. The van der Waals surface area contributed by atoms with E-state index in [0.717, 1.165) is 22.6 Å². The van der Waals surface area contributed by atoms with Crippen LogP contribution >= 0.6 is 0 Å². The summed E-state index contributed by atoms with van der Waals surface area (Å²) in [6, 6.07) is 11.9. The number of aromatic nitrogens is 2. The molecule has 1 amide bonds. The number of furan rings is 1. The molecular weight excluding hydrogens is 326 g/mol. The Hall–Kier alpha value is -2.82. The zero-order valence-electron chi connectivity index (χ0n) is 15.7. The summed E-state index contributed by atoms with van der Waals surface area (Å²) in [7, 11) is 0. The third-order valence-electron chi connectivity index (χ3n) is 4.32. The lowest BCUT2D eigenvalue weighted by atomic mass is 10.2. The number of para-hydroxylation sites is 2. The van der Waals surface area contributed by atoms with Gasteiger partial charge in [0, 0.05) is 12.1 Å². The Morgan fingerprint density at radius 1 is 1.12 bits per heavy atom. The number of imidazole rings is 1. The monoisotopic (exact) mass is 351 g/mol. The average Bonchev–Trinajstić information content (AvgIpc) is 3.20. The number of carbonyl (C=O) groups excluding carboxylic acids is 1. The van der Waals surface area contributed by atoms with Crippen molar-refractivity contribution in [2.45, 2.75) is 46.3 Å². The van der Waals surface area contributed by atoms with Gasteiger partial charge in [-0.1, -0.05) is 12.1 Å². The summed E-state index contributed by atoms with van der Waals surface area (Å²) in [6.07, 6.45) is 5.39. The van der Waals surface area contributed by atoms with Gasteiger partial charge in [0.25, 0.3) is 0 Å². The van der Waals surface area contributed by atoms with Crippen molar-refractivity contribution >= 4 is 29.1 Å². The van der Waals surface area contributed by atoms with Crippen LogP contribution in [0, 0.1) is 0 Å². The number of rotatable bonds is 6. The van der Waals surface area contributed by atoms with Crippen LogP contribution in [0.4, 0.5) is 0 Å². The fraction of sp³-hybridized carbons (Fsp3) is 0.333. The molecule has 136 valence electrons. The number of hydrogen-bond donors (Lipinski definition) is 0. The number of benzene rings is 1. The van der Waals surface area contributed by atoms with Crippen molar-refractivity contribution in [3.05, 3.63) is 54.2 Å². The highest BCUT2D eigenvalue weighted by atomic mass is 16.3. The van der Waals surface area contributed by atoms with E-state index in [4.69, 9.17) is 4.42 Å². The van der Waals surface area contributed by atoms with Crippen LogP contribution in [0.15, 0.2) is 47.1 Å². The SMILES string of the molecule is CC(C)N(C(=O)Cn1c(/C=C/c2ccco2)nc2ccccc21)C(C)C. The Kier molecular flexibility index (Phi) is 5.26. The zero-order chi connectivity index (χ0) is 18.7. The van der Waals surface area contributed by atoms with E-state index in [9.17, 15) is 4.79 Å². The predicted molar refractivity (Wildman–Crippen MR) is 104 cm³/mol. The molecule has 0 fully saturated rings. The average molecular weight is 351 g/mol. The molecule has 26 heavy (non-hydrogen) atoms. The van der Waals surface area contributed by atoms with Crippen molar-refractivity contribution in [2.75, 3.05) is 0 Å². The minimum atomic E-state index is 0.0887. The first kappa shape index (κ1) is 18.0. The van der Waals surface area contributed by atoms with E-state index in [-0.39, 0.29) is 24.5 Å². The highest BCUT2D eigenvalue weighted by Crippen LogP contribution is 2.19. The van der Waals surface area contributed by atoms with Crippen LogP contribution in [-0.4, -0.2) is 32.4 Å². The number of fused-ring (bicyclic) bond motifs is 1. The van der Waals surface area contributed by atoms with Crippen LogP contribution in [0.5, 0.6) is 0 Å². The van der Waals surface area contributed by atoms with Crippen LogP contribution in [-0.2, 0) is 11.3 Å². The first-order valence-electron chi connectivity index (χ1n) is 8.95. The summed E-state index contributed by atoms with van der Waals surface area (Å²) < 4.78 is 7.32. The van der Waals surface area contributed by atoms with Crippen molar-refractivity contribution in [3.63, 3.8) is 0 Å². The molecule has 0 aliphatic carbocycles. The van der Waals surface area contributed by atoms with Crippen molar-refractivity contribution in [1.82, 2.24) is 14.5 Å². The van der Waals surface area contributed by atoms with E-state index in [1.807, 2.05) is 85.7 Å². The molecule has 0 saturated heterocycles. The van der Waals surface area contributed by atoms with Gasteiger partial charge in [-0.25, -0.2) is 4.98 Å². The van der Waals surface area contributed by atoms with Gasteiger partial charge in [-0.05, 0) is 64.1 Å². The maximum atomic E-state index is 13.0. The van der Waals surface area contributed by atoms with E-state index in [0.29, 0.717) is 0 Å². The first-order chi connectivity index (χ1) is 12.5. The summed E-state index contributed by atoms with van der Waals surface area (Å²) in [6.45, 7) is 8.43. The minimum Gasteiger partial charge on any atom is -0.465 e. The maximum absolute atomic E-state index is 13.0. The minimum absolute atomic E-state index is 0.0887. The lowest BCUT2D eigenvalue weighted by Crippen LogP contribution is -2.43. The molecule has 0 aliphatic rings. The second kappa shape index (κ2) is 7.60. The molecule has 2 heterocycles. The molecule has 5 nitrogen and oxygen atoms in total. The van der Waals surface area contributed by atoms with E-state index < -0.39 is 0 Å². The highest BCUT2D eigenvalue weighted by molar-refractivity contribution is 5.83. The standard InChI is InChI=1S/C21H25N3O2/c1-15(2)24(16(3)4)21(25)14-23-19-10-6-5-9-18(19)22-20(23)12-11-17-8-7-13-26-17/h5-13,15-16H,14H2,1-4H3/b12-11+. The molecule has 0 spiro atoms. The molecule has 0 bridgehead atoms. The Labute approximate surface area is 153 Å². The third-order valence-corrected chi connectivity index (χ3v) is 4.32. The molecule has 3 aromatic rings. The van der Waals surface area contributed by atoms with E-state index in [2.05, 4.69) is 4.98 Å². The van der Waals surface area contributed by atoms with Crippen molar-refractivity contribution in [3.8, 4) is 0 Å². The molecule has 0 N–H and O–H groups in total. The third kappa shape index (κ3) is 3.72. The van der Waals surface area contributed by atoms with Gasteiger partial charge in [-0.2, -0.15) is 0 Å². The van der Waals surface area contributed by atoms with Crippen LogP contribution in [0.3, 0.4) is 0 Å². The predicted octanol–water partition coefficient (Wildman–Crippen LogP) is 4.45. The van der Waals surface area contributed by atoms with Crippen molar-refractivity contribution in [1.29, 1.82) is 0 Å². The molecule has 2 aromatic heterocycles. The Morgan fingerprint density at radius 3 is 2.50 bits per heavy atom. The van der Waals surface area contributed by atoms with Crippen LogP contribution in [0.1, 0.15) is 39.3 Å². The highest BCUT2D eigenvalue weighted by Gasteiger charge is 2.22. The molecule has 0 atom stereocenters. The molecule has 1 aromatic carbocycles. The van der Waals surface area contributed by atoms with Gasteiger partial charge in [0.05, 0.1) is 17.3 Å². The molecule has 0 aliphatic heterocycles. The summed E-state index contributed by atoms with van der Waals surface area (Å²) in [5.41, 5.74) is 1.83. The second-order valence-corrected chi connectivity index (χ2v) is 6.88. The van der Waals surface area contributed by atoms with Crippen LogP contribution in [0.2, 0.25) is 0 Å². The number of nitrogens with zero attached hydrogens (tertiary/aromatic N) is 3. The Morgan fingerprint density at radius 2 is 1.85 bits per heavy atom. The number of hydrogen-bond acceptors (Lipinski definition) is 3. The molecule has 3 rings (SSSR count). The molecule has 5 heteroatoms. The summed E-state index contributed by atoms with van der Waals surface area (Å²) in [5.74, 6) is 1.58. The largest absolute Gasteiger partial charge is 0.465 e. The fourth-order valence-electron chi connectivity index (χ4n) is 3.32. The number of carbonyl (C=O) groups is 1. The second-order valence-electron chi connectivity index (χ2n) is 6.88. The van der Waals surface area contributed by atoms with Gasteiger partial charge < -0.3 is 13.9 Å². The maximum Gasteiger partial charge on any atom is 0.243 e. The normalized spacial score (nSPS) is 11.9. The molecule has 0 saturated carbocycles. The van der Waals surface area contributed by atoms with Gasteiger partial charge in [-0.15, -0.1) is 0 Å². The first-order valence-corrected chi connectivity index (χ1v) is 8.95. The summed E-state index contributed by atoms with van der Waals surface area (Å²) in [4.78, 5) is 19.5. The lowest BCUT2D eigenvalue weighted by molar-refractivity contribution is -0.135. The van der Waals surface area contributed by atoms with Crippen LogP contribution in [0.25, 0.3) is 23.2 Å². The zero-order valence-corrected chi connectivity index (χ0v) is 15.7. The molecule has 0 unspecified atom stereocenters. The lowest BCUT2D eigenvalue weighted by Gasteiger charge is -2.31. The van der Waals surface area contributed by atoms with Crippen molar-refractivity contribution < 1.29 is 9.21 Å². The van der Waals surface area contributed by atoms with E-state index in [1.165, 1.54) is 0 Å². The topological polar surface area (TPSA) is 51.3 Å². The molecular formula is C21H25N3O2. The fourth-order valence-corrected chi connectivity index (χ4v) is 3.32. The quantitative estimate of drug-likeness (QED) is 0.659. The van der Waals surface area contributed by atoms with E-state index >= 15 is 0 Å². The van der Waals surface area contributed by atoms with Gasteiger partial charge >= 0.3 is 0 Å². The van der Waals surface area contributed by atoms with Crippen molar-refractivity contribution in [2.24, 2.45) is 0 Å².